The average Bonchev–Trinajstić information content (AvgIpc) is 2.47. The van der Waals surface area contributed by atoms with Crippen LogP contribution in [0.1, 0.15) is 6.92 Å². The second-order valence-electron chi connectivity index (χ2n) is 2.95. The van der Waals surface area contributed by atoms with E-state index in [2.05, 4.69) is 10.1 Å². The van der Waals surface area contributed by atoms with Crippen LogP contribution in [0.3, 0.4) is 0 Å². The largest absolute Gasteiger partial charge is 0.383 e. The molecule has 0 aliphatic carbocycles. The molecule has 1 aromatic rings. The Bertz CT molecular complexity index is 568. The van der Waals surface area contributed by atoms with Crippen molar-refractivity contribution >= 4 is 27.3 Å². The van der Waals surface area contributed by atoms with Gasteiger partial charge in [-0.25, -0.2) is 18.2 Å². The van der Waals surface area contributed by atoms with E-state index in [4.69, 9.17) is 10.2 Å². The summed E-state index contributed by atoms with van der Waals surface area (Å²) in [5, 5.41) is 17.4. The summed E-state index contributed by atoms with van der Waals surface area (Å²) in [6, 6.07) is 0. The molecule has 16 heavy (non-hydrogen) atoms. The Balaban J connectivity index is 3.28. The summed E-state index contributed by atoms with van der Waals surface area (Å²) in [6.45, 7) is 1.26. The molecule has 1 rings (SSSR count). The van der Waals surface area contributed by atoms with Gasteiger partial charge in [-0.15, -0.1) is 5.10 Å². The Morgan fingerprint density at radius 1 is 1.69 bits per heavy atom. The Morgan fingerprint density at radius 2 is 2.25 bits per heavy atom. The Labute approximate surface area is 95.1 Å². The first-order valence-electron chi connectivity index (χ1n) is 4.05. The predicted molar refractivity (Wildman–Crippen MR) is 54.7 cm³/mol. The molecule has 0 aliphatic heterocycles. The van der Waals surface area contributed by atoms with Crippen LogP contribution >= 0.6 is 11.3 Å². The van der Waals surface area contributed by atoms with E-state index in [-0.39, 0.29) is 9.14 Å². The number of hydrogen-bond acceptors (Lipinski definition) is 6. The first kappa shape index (κ1) is 13.0. The Kier molecular flexibility index (Phi) is 3.57. The van der Waals surface area contributed by atoms with Crippen molar-refractivity contribution in [2.24, 2.45) is 17.2 Å². The van der Waals surface area contributed by atoms with Crippen LogP contribution in [0.15, 0.2) is 9.33 Å². The topological polar surface area (TPSA) is 128 Å². The number of aliphatic hydroxyl groups excluding tert-OH is 1. The number of aromatic nitrogens is 2. The molecule has 1 aromatic heterocycles. The molecule has 90 valence electrons. The third kappa shape index (κ3) is 2.95. The minimum atomic E-state index is -3.91. The smallest absolute Gasteiger partial charge is 0.276 e. The predicted octanol–water partition coefficient (Wildman–Crippen LogP) is -2.06. The number of amides is 1. The van der Waals surface area contributed by atoms with Crippen LogP contribution in [0.4, 0.5) is 0 Å². The van der Waals surface area contributed by atoms with E-state index in [1.54, 1.807) is 0 Å². The van der Waals surface area contributed by atoms with Crippen molar-refractivity contribution in [3.05, 3.63) is 4.80 Å². The van der Waals surface area contributed by atoms with Crippen molar-refractivity contribution in [3.8, 4) is 0 Å². The van der Waals surface area contributed by atoms with Crippen molar-refractivity contribution in [3.63, 3.8) is 0 Å². The molecule has 1 atom stereocenters. The molecule has 0 saturated carbocycles. The number of carbonyl (C=O) groups excluding carboxylic acids is 1. The van der Waals surface area contributed by atoms with Crippen molar-refractivity contribution in [1.82, 2.24) is 9.78 Å². The van der Waals surface area contributed by atoms with Crippen LogP contribution in [0.25, 0.3) is 0 Å². The van der Waals surface area contributed by atoms with Crippen molar-refractivity contribution in [1.29, 1.82) is 0 Å². The fourth-order valence-electron chi connectivity index (χ4n) is 0.728. The summed E-state index contributed by atoms with van der Waals surface area (Å²) in [6.07, 6.45) is -1.25. The molecule has 0 aliphatic rings. The first-order chi connectivity index (χ1) is 7.21. The van der Waals surface area contributed by atoms with E-state index in [0.717, 1.165) is 4.68 Å². The molecule has 3 N–H and O–H groups in total. The van der Waals surface area contributed by atoms with Crippen LogP contribution in [-0.2, 0) is 21.9 Å². The van der Waals surface area contributed by atoms with E-state index < -0.39 is 22.0 Å². The molecule has 1 amide bonds. The lowest BCUT2D eigenvalue weighted by atomic mass is 10.4. The molecule has 0 bridgehead atoms. The van der Waals surface area contributed by atoms with Crippen LogP contribution in [0, 0.1) is 0 Å². The number of rotatable bonds is 2. The lowest BCUT2D eigenvalue weighted by Crippen LogP contribution is -2.20. The van der Waals surface area contributed by atoms with Crippen LogP contribution in [0.2, 0.25) is 0 Å². The van der Waals surface area contributed by atoms with Crippen molar-refractivity contribution < 1.29 is 18.3 Å². The van der Waals surface area contributed by atoms with Gasteiger partial charge in [-0.2, -0.15) is 4.99 Å². The van der Waals surface area contributed by atoms with Crippen molar-refractivity contribution in [2.75, 3.05) is 0 Å². The van der Waals surface area contributed by atoms with Gasteiger partial charge in [0.05, 0.1) is 0 Å². The monoisotopic (exact) mass is 266 g/mol. The maximum Gasteiger partial charge on any atom is 0.276 e. The SMILES string of the molecule is CC(O)C(=O)/N=c1\sc(S(N)(=O)=O)nn1C. The number of primary sulfonamides is 1. The molecule has 0 saturated heterocycles. The van der Waals surface area contributed by atoms with E-state index in [1.807, 2.05) is 0 Å². The normalized spacial score (nSPS) is 15.1. The average molecular weight is 266 g/mol. The first-order valence-corrected chi connectivity index (χ1v) is 6.41. The van der Waals surface area contributed by atoms with Crippen LogP contribution in [-0.4, -0.2) is 35.3 Å². The zero-order valence-electron chi connectivity index (χ0n) is 8.48. The third-order valence-corrected chi connectivity index (χ3v) is 3.80. The fraction of sp³-hybridized carbons (Fsp3) is 0.500. The molecule has 8 nitrogen and oxygen atoms in total. The number of hydrogen-bond donors (Lipinski definition) is 2. The highest BCUT2D eigenvalue weighted by Gasteiger charge is 2.15. The number of nitrogens with zero attached hydrogens (tertiary/aromatic N) is 3. The second-order valence-corrected chi connectivity index (χ2v) is 5.64. The molecular weight excluding hydrogens is 256 g/mol. The molecular formula is C6H10N4O4S2. The maximum absolute atomic E-state index is 11.1. The van der Waals surface area contributed by atoms with Gasteiger partial charge in [0.25, 0.3) is 15.9 Å². The highest BCUT2D eigenvalue weighted by atomic mass is 32.2. The van der Waals surface area contributed by atoms with Gasteiger partial charge in [0, 0.05) is 7.05 Å². The fourth-order valence-corrected chi connectivity index (χ4v) is 2.28. The highest BCUT2D eigenvalue weighted by molar-refractivity contribution is 7.91. The van der Waals surface area contributed by atoms with E-state index >= 15 is 0 Å². The minimum absolute atomic E-state index is 0.0509. The standard InChI is InChI=1S/C6H10N4O4S2/c1-3(11)4(12)8-5-10(2)9-6(15-5)16(7,13)14/h3,11H,1-2H3,(H2,7,13,14)/b8-5-. The lowest BCUT2D eigenvalue weighted by molar-refractivity contribution is -0.125. The van der Waals surface area contributed by atoms with Crippen molar-refractivity contribution in [2.45, 2.75) is 17.4 Å². The quantitative estimate of drug-likeness (QED) is 0.636. The summed E-state index contributed by atoms with van der Waals surface area (Å²) in [5.41, 5.74) is 0. The molecule has 0 spiro atoms. The van der Waals surface area contributed by atoms with Gasteiger partial charge in [0.2, 0.25) is 9.14 Å². The third-order valence-electron chi connectivity index (χ3n) is 1.49. The second kappa shape index (κ2) is 4.41. The minimum Gasteiger partial charge on any atom is -0.383 e. The molecule has 0 fully saturated rings. The summed E-state index contributed by atoms with van der Waals surface area (Å²) in [4.78, 5) is 14.6. The zero-order valence-corrected chi connectivity index (χ0v) is 10.1. The van der Waals surface area contributed by atoms with E-state index in [0.29, 0.717) is 11.3 Å². The summed E-state index contributed by atoms with van der Waals surface area (Å²) in [7, 11) is -2.49. The van der Waals surface area contributed by atoms with Gasteiger partial charge in [-0.3, -0.25) is 4.79 Å². The maximum atomic E-state index is 11.1. The van der Waals surface area contributed by atoms with E-state index in [1.165, 1.54) is 14.0 Å². The molecule has 1 unspecified atom stereocenters. The van der Waals surface area contributed by atoms with E-state index in [9.17, 15) is 13.2 Å². The Morgan fingerprint density at radius 3 is 2.62 bits per heavy atom. The molecule has 0 radical (unpaired) electrons. The molecule has 0 aromatic carbocycles. The number of aliphatic hydroxyl groups is 1. The van der Waals surface area contributed by atoms with Gasteiger partial charge in [-0.1, -0.05) is 11.3 Å². The zero-order chi connectivity index (χ0) is 12.5. The van der Waals surface area contributed by atoms with Gasteiger partial charge in [0.1, 0.15) is 6.10 Å². The highest BCUT2D eigenvalue weighted by Crippen LogP contribution is 2.04. The summed E-state index contributed by atoms with van der Waals surface area (Å²) >= 11 is 0.652. The number of aryl methyl sites for hydroxylation is 1. The van der Waals surface area contributed by atoms with Crippen LogP contribution < -0.4 is 9.94 Å². The molecule has 10 heteroatoms. The van der Waals surface area contributed by atoms with Gasteiger partial charge in [-0.05, 0) is 6.92 Å². The molecule has 1 heterocycles. The Hall–Kier alpha value is -1.10. The number of carbonyl (C=O) groups is 1. The van der Waals surface area contributed by atoms with Gasteiger partial charge >= 0.3 is 0 Å². The van der Waals surface area contributed by atoms with Gasteiger partial charge in [0.15, 0.2) is 0 Å². The van der Waals surface area contributed by atoms with Crippen LogP contribution in [0.5, 0.6) is 0 Å². The summed E-state index contributed by atoms with van der Waals surface area (Å²) < 4.78 is 22.7. The number of sulfonamides is 1. The lowest BCUT2D eigenvalue weighted by Gasteiger charge is -1.94. The number of nitrogens with two attached hydrogens (primary N) is 1. The van der Waals surface area contributed by atoms with Gasteiger partial charge < -0.3 is 5.11 Å². The summed E-state index contributed by atoms with van der Waals surface area (Å²) in [5.74, 6) is -0.778.